The number of carbonyl (C=O) groups is 1. The molecule has 0 aliphatic rings. The predicted molar refractivity (Wildman–Crippen MR) is 71.0 cm³/mol. The Morgan fingerprint density at radius 2 is 2.17 bits per heavy atom. The number of hydrogen-bond donors (Lipinski definition) is 2. The third-order valence-corrected chi connectivity index (χ3v) is 2.77. The van der Waals surface area contributed by atoms with Crippen LogP contribution in [0.2, 0.25) is 5.02 Å². The second-order valence-corrected chi connectivity index (χ2v) is 5.21. The van der Waals surface area contributed by atoms with Crippen molar-refractivity contribution in [2.75, 3.05) is 0 Å². The van der Waals surface area contributed by atoms with Crippen molar-refractivity contribution in [1.82, 2.24) is 0 Å². The molecule has 4 nitrogen and oxygen atoms in total. The third kappa shape index (κ3) is 3.89. The van der Waals surface area contributed by atoms with Crippen LogP contribution in [0.4, 0.5) is 0 Å². The van der Waals surface area contributed by atoms with Gasteiger partial charge in [0, 0.05) is 5.54 Å². The minimum absolute atomic E-state index is 0.0247. The first-order valence-corrected chi connectivity index (χ1v) is 6.07. The number of rotatable bonds is 5. The second-order valence-electron chi connectivity index (χ2n) is 4.80. The molecule has 100 valence electrons. The second kappa shape index (κ2) is 5.59. The van der Waals surface area contributed by atoms with Gasteiger partial charge in [-0.05, 0) is 38.5 Å². The summed E-state index contributed by atoms with van der Waals surface area (Å²) >= 11 is 6.09. The molecule has 0 amide bonds. The van der Waals surface area contributed by atoms with Crippen LogP contribution in [0.1, 0.15) is 32.8 Å². The van der Waals surface area contributed by atoms with E-state index in [0.29, 0.717) is 16.3 Å². The van der Waals surface area contributed by atoms with Crippen LogP contribution in [-0.2, 0) is 10.3 Å². The molecule has 0 fully saturated rings. The average molecular weight is 272 g/mol. The summed E-state index contributed by atoms with van der Waals surface area (Å²) in [6, 6.07) is 5.11. The molecule has 1 unspecified atom stereocenters. The van der Waals surface area contributed by atoms with Crippen LogP contribution in [-0.4, -0.2) is 17.2 Å². The molecule has 18 heavy (non-hydrogen) atoms. The summed E-state index contributed by atoms with van der Waals surface area (Å²) in [7, 11) is 0. The molecule has 0 heterocycles. The first-order valence-electron chi connectivity index (χ1n) is 5.70. The zero-order valence-electron chi connectivity index (χ0n) is 10.7. The van der Waals surface area contributed by atoms with E-state index in [1.165, 1.54) is 0 Å². The normalized spacial score (nSPS) is 14.3. The van der Waals surface area contributed by atoms with Crippen LogP contribution in [0.15, 0.2) is 18.2 Å². The fraction of sp³-hybridized carbons (Fsp3) is 0.462. The largest absolute Gasteiger partial charge is 0.489 e. The number of hydrogen-bond acceptors (Lipinski definition) is 3. The van der Waals surface area contributed by atoms with E-state index in [1.54, 1.807) is 25.1 Å². The summed E-state index contributed by atoms with van der Waals surface area (Å²) in [5.41, 5.74) is 5.70. The fourth-order valence-electron chi connectivity index (χ4n) is 1.62. The molecule has 0 saturated heterocycles. The Balaban J connectivity index is 2.99. The highest BCUT2D eigenvalue weighted by Gasteiger charge is 2.25. The third-order valence-electron chi connectivity index (χ3n) is 2.47. The fourth-order valence-corrected chi connectivity index (χ4v) is 1.85. The first-order chi connectivity index (χ1) is 8.22. The molecule has 0 saturated carbocycles. The molecule has 0 bridgehead atoms. The van der Waals surface area contributed by atoms with Gasteiger partial charge in [-0.3, -0.25) is 4.79 Å². The Morgan fingerprint density at radius 3 is 2.61 bits per heavy atom. The van der Waals surface area contributed by atoms with Crippen molar-refractivity contribution in [3.05, 3.63) is 28.8 Å². The van der Waals surface area contributed by atoms with E-state index in [1.807, 2.05) is 13.8 Å². The van der Waals surface area contributed by atoms with Gasteiger partial charge in [-0.25, -0.2) is 0 Å². The van der Waals surface area contributed by atoms with Crippen LogP contribution < -0.4 is 10.5 Å². The Kier molecular flexibility index (Phi) is 4.59. The minimum atomic E-state index is -0.953. The molecular weight excluding hydrogens is 254 g/mol. The maximum atomic E-state index is 10.7. The zero-order valence-corrected chi connectivity index (χ0v) is 11.5. The van der Waals surface area contributed by atoms with Gasteiger partial charge in [0.15, 0.2) is 0 Å². The molecule has 1 atom stereocenters. The summed E-state index contributed by atoms with van der Waals surface area (Å²) < 4.78 is 5.50. The van der Waals surface area contributed by atoms with Gasteiger partial charge in [0.25, 0.3) is 0 Å². The van der Waals surface area contributed by atoms with Crippen molar-refractivity contribution in [2.45, 2.75) is 38.8 Å². The lowest BCUT2D eigenvalue weighted by Gasteiger charge is -2.24. The molecule has 0 radical (unpaired) electrons. The number of aliphatic carboxylic acids is 1. The van der Waals surface area contributed by atoms with Crippen LogP contribution in [0.5, 0.6) is 5.75 Å². The summed E-state index contributed by atoms with van der Waals surface area (Å²) in [4.78, 5) is 10.7. The summed E-state index contributed by atoms with van der Waals surface area (Å²) in [5, 5.41) is 9.25. The summed E-state index contributed by atoms with van der Waals surface area (Å²) in [6.45, 7) is 5.47. The number of carboxylic acid groups (broad SMARTS) is 1. The van der Waals surface area contributed by atoms with Crippen molar-refractivity contribution in [1.29, 1.82) is 0 Å². The van der Waals surface area contributed by atoms with Gasteiger partial charge in [0.05, 0.1) is 17.5 Å². The highest BCUT2D eigenvalue weighted by atomic mass is 35.5. The van der Waals surface area contributed by atoms with Crippen molar-refractivity contribution in [3.63, 3.8) is 0 Å². The molecule has 1 rings (SSSR count). The van der Waals surface area contributed by atoms with Gasteiger partial charge in [-0.1, -0.05) is 17.7 Å². The van der Waals surface area contributed by atoms with E-state index in [-0.39, 0.29) is 12.5 Å². The summed E-state index contributed by atoms with van der Waals surface area (Å²) in [6.07, 6.45) is -0.134. The molecule has 1 aromatic carbocycles. The van der Waals surface area contributed by atoms with E-state index in [2.05, 4.69) is 0 Å². The van der Waals surface area contributed by atoms with Crippen LogP contribution in [0, 0.1) is 0 Å². The van der Waals surface area contributed by atoms with Crippen molar-refractivity contribution in [3.8, 4) is 5.75 Å². The number of carboxylic acids is 1. The Morgan fingerprint density at radius 1 is 1.56 bits per heavy atom. The Hall–Kier alpha value is -1.26. The van der Waals surface area contributed by atoms with Crippen LogP contribution in [0.25, 0.3) is 0 Å². The Labute approximate surface area is 112 Å². The van der Waals surface area contributed by atoms with E-state index in [4.69, 9.17) is 27.2 Å². The van der Waals surface area contributed by atoms with Gasteiger partial charge in [-0.15, -0.1) is 0 Å². The molecule has 3 N–H and O–H groups in total. The smallest absolute Gasteiger partial charge is 0.305 e. The Bertz CT molecular complexity index is 444. The van der Waals surface area contributed by atoms with Gasteiger partial charge >= 0.3 is 5.97 Å². The molecular formula is C13H18ClNO3. The van der Waals surface area contributed by atoms with Gasteiger partial charge < -0.3 is 15.6 Å². The van der Waals surface area contributed by atoms with Gasteiger partial charge in [-0.2, -0.15) is 0 Å². The minimum Gasteiger partial charge on any atom is -0.489 e. The maximum absolute atomic E-state index is 10.7. The molecule has 0 aliphatic carbocycles. The first kappa shape index (κ1) is 14.8. The van der Waals surface area contributed by atoms with E-state index in [9.17, 15) is 4.79 Å². The number of ether oxygens (including phenoxy) is 1. The molecule has 5 heteroatoms. The molecule has 1 aromatic rings. The number of nitrogens with two attached hydrogens (primary N) is 1. The lowest BCUT2D eigenvalue weighted by Crippen LogP contribution is -2.35. The van der Waals surface area contributed by atoms with Crippen molar-refractivity contribution in [2.24, 2.45) is 5.73 Å². The van der Waals surface area contributed by atoms with Gasteiger partial charge in [0.2, 0.25) is 0 Å². The van der Waals surface area contributed by atoms with Crippen molar-refractivity contribution >= 4 is 17.6 Å². The highest BCUT2D eigenvalue weighted by molar-refractivity contribution is 6.32. The van der Waals surface area contributed by atoms with E-state index >= 15 is 0 Å². The number of benzene rings is 1. The quantitative estimate of drug-likeness (QED) is 0.864. The van der Waals surface area contributed by atoms with Crippen molar-refractivity contribution < 1.29 is 14.6 Å². The topological polar surface area (TPSA) is 72.5 Å². The summed E-state index contributed by atoms with van der Waals surface area (Å²) in [5.74, 6) is -0.375. The lowest BCUT2D eigenvalue weighted by molar-refractivity contribution is -0.138. The molecule has 0 spiro atoms. The average Bonchev–Trinajstić information content (AvgIpc) is 2.18. The highest BCUT2D eigenvalue weighted by Crippen LogP contribution is 2.31. The zero-order chi connectivity index (χ0) is 13.9. The van der Waals surface area contributed by atoms with Gasteiger partial charge in [0.1, 0.15) is 5.75 Å². The SMILES string of the molecule is CC(C)Oc1ccc(C(C)(N)CC(=O)O)cc1Cl. The monoisotopic (exact) mass is 271 g/mol. The molecule has 0 aliphatic heterocycles. The maximum Gasteiger partial charge on any atom is 0.305 e. The number of halogens is 1. The van der Waals surface area contributed by atoms with E-state index in [0.717, 1.165) is 0 Å². The standard InChI is InChI=1S/C13H18ClNO3/c1-8(2)18-11-5-4-9(6-10(11)14)13(3,15)7-12(16)17/h4-6,8H,7,15H2,1-3H3,(H,16,17). The van der Waals surface area contributed by atoms with E-state index < -0.39 is 11.5 Å². The molecule has 0 aromatic heterocycles. The predicted octanol–water partition coefficient (Wildman–Crippen LogP) is 2.78. The lowest BCUT2D eigenvalue weighted by atomic mass is 9.90. The van der Waals surface area contributed by atoms with Crippen LogP contribution >= 0.6 is 11.6 Å². The van der Waals surface area contributed by atoms with Crippen LogP contribution in [0.3, 0.4) is 0 Å².